The molecule has 0 N–H and O–H groups in total. The van der Waals surface area contributed by atoms with E-state index in [1.165, 1.54) is 16.7 Å². The first-order valence-corrected chi connectivity index (χ1v) is 5.60. The molecule has 0 nitrogen and oxygen atoms in total. The van der Waals surface area contributed by atoms with Crippen LogP contribution in [0.4, 0.5) is 0 Å². The predicted octanol–water partition coefficient (Wildman–Crippen LogP) is 4.09. The van der Waals surface area contributed by atoms with Crippen LogP contribution in [-0.2, 0) is 0 Å². The molecule has 2 aromatic rings. The average molecular weight is 218 g/mol. The molecule has 17 heavy (non-hydrogen) atoms. The number of hydrogen-bond donors (Lipinski definition) is 0. The van der Waals surface area contributed by atoms with Gasteiger partial charge in [0.25, 0.3) is 0 Å². The fourth-order valence-electron chi connectivity index (χ4n) is 2.20. The summed E-state index contributed by atoms with van der Waals surface area (Å²) in [5, 5.41) is 0. The Balaban J connectivity index is 0.000000514. The molecule has 1 aliphatic carbocycles. The Hall–Kier alpha value is -2.26. The largest absolute Gasteiger partial charge is 0.124 e. The van der Waals surface area contributed by atoms with Gasteiger partial charge in [0.15, 0.2) is 0 Å². The van der Waals surface area contributed by atoms with Gasteiger partial charge in [-0.15, -0.1) is 12.8 Å². The van der Waals surface area contributed by atoms with Crippen LogP contribution in [-0.4, -0.2) is 0 Å². The highest BCUT2D eigenvalue weighted by molar-refractivity contribution is 5.65. The highest BCUT2D eigenvalue weighted by atomic mass is 14.2. The smallest absolute Gasteiger partial charge is 0.0278 e. The summed E-state index contributed by atoms with van der Waals surface area (Å²) in [4.78, 5) is 0. The monoisotopic (exact) mass is 218 g/mol. The second kappa shape index (κ2) is 5.18. The summed E-state index contributed by atoms with van der Waals surface area (Å²) in [7, 11) is 0. The van der Waals surface area contributed by atoms with Gasteiger partial charge < -0.3 is 0 Å². The molecule has 0 bridgehead atoms. The van der Waals surface area contributed by atoms with Gasteiger partial charge in [0, 0.05) is 5.92 Å². The molecule has 0 amide bonds. The van der Waals surface area contributed by atoms with Crippen LogP contribution in [0.3, 0.4) is 0 Å². The Bertz CT molecular complexity index is 532. The van der Waals surface area contributed by atoms with Crippen LogP contribution in [0.25, 0.3) is 6.08 Å². The van der Waals surface area contributed by atoms with Gasteiger partial charge in [-0.2, -0.15) is 0 Å². The van der Waals surface area contributed by atoms with E-state index in [4.69, 9.17) is 0 Å². The Morgan fingerprint density at radius 2 is 1.41 bits per heavy atom. The topological polar surface area (TPSA) is 0 Å². The molecule has 2 aromatic carbocycles. The molecule has 0 saturated heterocycles. The van der Waals surface area contributed by atoms with Crippen molar-refractivity contribution < 1.29 is 0 Å². The second-order valence-electron chi connectivity index (χ2n) is 3.88. The van der Waals surface area contributed by atoms with Gasteiger partial charge in [-0.25, -0.2) is 0 Å². The summed E-state index contributed by atoms with van der Waals surface area (Å²) >= 11 is 0. The number of terminal acetylenes is 1. The van der Waals surface area contributed by atoms with Gasteiger partial charge in [0.05, 0.1) is 0 Å². The Kier molecular flexibility index (Phi) is 3.43. The number of rotatable bonds is 1. The van der Waals surface area contributed by atoms with Crippen molar-refractivity contribution in [1.29, 1.82) is 0 Å². The quantitative estimate of drug-likeness (QED) is 0.632. The normalized spacial score (nSPS) is 15.8. The number of hydrogen-bond acceptors (Lipinski definition) is 0. The molecule has 0 radical (unpaired) electrons. The number of benzene rings is 2. The van der Waals surface area contributed by atoms with Crippen molar-refractivity contribution in [2.45, 2.75) is 5.92 Å². The number of fused-ring (bicyclic) bond motifs is 1. The highest BCUT2D eigenvalue weighted by Gasteiger charge is 2.17. The van der Waals surface area contributed by atoms with Crippen LogP contribution in [0.1, 0.15) is 22.6 Å². The van der Waals surface area contributed by atoms with Crippen LogP contribution in [0, 0.1) is 12.8 Å². The minimum atomic E-state index is 0.447. The van der Waals surface area contributed by atoms with Crippen LogP contribution in [0.5, 0.6) is 0 Å². The van der Waals surface area contributed by atoms with Gasteiger partial charge in [0.1, 0.15) is 0 Å². The van der Waals surface area contributed by atoms with Gasteiger partial charge >= 0.3 is 0 Å². The molecule has 0 aromatic heterocycles. The lowest BCUT2D eigenvalue weighted by Crippen LogP contribution is -1.94. The van der Waals surface area contributed by atoms with Gasteiger partial charge in [-0.05, 0) is 16.7 Å². The van der Waals surface area contributed by atoms with Crippen LogP contribution in [0.2, 0.25) is 0 Å². The van der Waals surface area contributed by atoms with Crippen molar-refractivity contribution in [3.05, 3.63) is 77.4 Å². The van der Waals surface area contributed by atoms with Gasteiger partial charge in [-0.3, -0.25) is 0 Å². The van der Waals surface area contributed by atoms with E-state index >= 15 is 0 Å². The fourth-order valence-corrected chi connectivity index (χ4v) is 2.20. The minimum absolute atomic E-state index is 0.447. The maximum Gasteiger partial charge on any atom is 0.0278 e. The van der Waals surface area contributed by atoms with Crippen molar-refractivity contribution in [2.75, 3.05) is 0 Å². The minimum Gasteiger partial charge on any atom is -0.124 e. The van der Waals surface area contributed by atoms with E-state index in [9.17, 15) is 0 Å². The third-order valence-corrected chi connectivity index (χ3v) is 2.96. The molecule has 0 heterocycles. The fraction of sp³-hybridized carbons (Fsp3) is 0.0588. The van der Waals surface area contributed by atoms with E-state index in [1.807, 2.05) is 0 Å². The van der Waals surface area contributed by atoms with Crippen LogP contribution < -0.4 is 0 Å². The van der Waals surface area contributed by atoms with E-state index in [2.05, 4.69) is 79.6 Å². The summed E-state index contributed by atoms with van der Waals surface area (Å²) in [5.74, 6) is 0.447. The molecule has 0 saturated carbocycles. The van der Waals surface area contributed by atoms with E-state index in [1.54, 1.807) is 0 Å². The number of allylic oxidation sites excluding steroid dienone is 1. The van der Waals surface area contributed by atoms with Crippen molar-refractivity contribution in [1.82, 2.24) is 0 Å². The van der Waals surface area contributed by atoms with Gasteiger partial charge in [-0.1, -0.05) is 66.7 Å². The zero-order valence-electron chi connectivity index (χ0n) is 9.58. The SMILES string of the molecule is C#C.C1=CC(c2ccccc2)c2ccccc21. The Labute approximate surface area is 103 Å². The first-order valence-electron chi connectivity index (χ1n) is 5.60. The molecular formula is C17H14. The standard InChI is InChI=1S/C15H12.C2H2/c1-2-6-12(7-3-1)15-11-10-13-8-4-5-9-14(13)15;1-2/h1-11,15H;1-2H. The maximum atomic E-state index is 4.00. The average Bonchev–Trinajstić information content (AvgIpc) is 2.86. The summed E-state index contributed by atoms with van der Waals surface area (Å²) < 4.78 is 0. The Morgan fingerprint density at radius 3 is 2.18 bits per heavy atom. The summed E-state index contributed by atoms with van der Waals surface area (Å²) in [6.07, 6.45) is 12.5. The van der Waals surface area contributed by atoms with Crippen molar-refractivity contribution >= 4 is 6.08 Å². The summed E-state index contributed by atoms with van der Waals surface area (Å²) in [6.45, 7) is 0. The lowest BCUT2D eigenvalue weighted by atomic mass is 9.93. The zero-order valence-corrected chi connectivity index (χ0v) is 9.58. The van der Waals surface area contributed by atoms with Crippen LogP contribution in [0.15, 0.2) is 60.7 Å². The molecule has 1 aliphatic rings. The highest BCUT2D eigenvalue weighted by Crippen LogP contribution is 2.34. The maximum absolute atomic E-state index is 4.00. The predicted molar refractivity (Wildman–Crippen MR) is 73.7 cm³/mol. The second-order valence-corrected chi connectivity index (χ2v) is 3.88. The lowest BCUT2D eigenvalue weighted by molar-refractivity contribution is 1.05. The van der Waals surface area contributed by atoms with Crippen molar-refractivity contribution in [3.8, 4) is 12.8 Å². The molecule has 0 fully saturated rings. The van der Waals surface area contributed by atoms with Gasteiger partial charge in [0.2, 0.25) is 0 Å². The van der Waals surface area contributed by atoms with Crippen molar-refractivity contribution in [3.63, 3.8) is 0 Å². The molecule has 3 rings (SSSR count). The first kappa shape index (κ1) is 11.2. The molecule has 0 spiro atoms. The third kappa shape index (κ3) is 2.14. The molecule has 1 atom stereocenters. The molecule has 1 unspecified atom stereocenters. The lowest BCUT2D eigenvalue weighted by Gasteiger charge is -2.10. The van der Waals surface area contributed by atoms with E-state index < -0.39 is 0 Å². The van der Waals surface area contributed by atoms with E-state index in [0.717, 1.165) is 0 Å². The summed E-state index contributed by atoms with van der Waals surface area (Å²) in [5.41, 5.74) is 4.15. The first-order chi connectivity index (χ1) is 8.45. The molecule has 0 heteroatoms. The Morgan fingerprint density at radius 1 is 0.765 bits per heavy atom. The van der Waals surface area contributed by atoms with E-state index in [0.29, 0.717) is 5.92 Å². The molecule has 0 aliphatic heterocycles. The van der Waals surface area contributed by atoms with E-state index in [-0.39, 0.29) is 0 Å². The molecular weight excluding hydrogens is 204 g/mol. The third-order valence-electron chi connectivity index (χ3n) is 2.96. The molecule has 82 valence electrons. The summed E-state index contributed by atoms with van der Waals surface area (Å²) in [6, 6.07) is 19.2. The van der Waals surface area contributed by atoms with Crippen LogP contribution >= 0.6 is 0 Å². The zero-order chi connectivity index (χ0) is 12.1. The van der Waals surface area contributed by atoms with Crippen molar-refractivity contribution in [2.24, 2.45) is 0 Å².